The number of aromatic nitrogens is 1. The van der Waals surface area contributed by atoms with E-state index in [1.165, 1.54) is 0 Å². The number of nitrogens with one attached hydrogen (secondary N) is 3. The number of aromatic amines is 1. The Kier molecular flexibility index (Phi) is 6.78. The summed E-state index contributed by atoms with van der Waals surface area (Å²) in [6, 6.07) is 18.3. The van der Waals surface area contributed by atoms with Crippen LogP contribution in [0, 0.1) is 0 Å². The number of amides is 2. The van der Waals surface area contributed by atoms with Crippen LogP contribution in [0.15, 0.2) is 66.0 Å². The van der Waals surface area contributed by atoms with Crippen LogP contribution in [0.5, 0.6) is 5.75 Å². The van der Waals surface area contributed by atoms with E-state index >= 15 is 0 Å². The molecule has 3 N–H and O–H groups in total. The van der Waals surface area contributed by atoms with Crippen LogP contribution in [0.3, 0.4) is 0 Å². The molecule has 4 aromatic rings. The summed E-state index contributed by atoms with van der Waals surface area (Å²) in [6.07, 6.45) is 0. The van der Waals surface area contributed by atoms with Gasteiger partial charge in [0, 0.05) is 11.6 Å². The van der Waals surface area contributed by atoms with E-state index in [0.29, 0.717) is 23.0 Å². The monoisotopic (exact) mass is 467 g/mol. The summed E-state index contributed by atoms with van der Waals surface area (Å²) in [4.78, 5) is 27.7. The number of H-pyrrole nitrogens is 1. The lowest BCUT2D eigenvalue weighted by Gasteiger charge is -2.14. The van der Waals surface area contributed by atoms with Gasteiger partial charge in [-0.1, -0.05) is 35.9 Å². The number of ether oxygens (including phenoxy) is 1. The Morgan fingerprint density at radius 1 is 1.09 bits per heavy atom. The molecule has 0 radical (unpaired) electrons. The predicted octanol–water partition coefficient (Wildman–Crippen LogP) is 5.07. The Balaban J connectivity index is 1.24. The van der Waals surface area contributed by atoms with Crippen molar-refractivity contribution in [3.63, 3.8) is 0 Å². The standard InChI is InChI=1S/C24H22ClN3O3S/c1-15(27-24(30)21-12-22-20(28-21)10-11-32-22)17-4-2-16(3-5-17)13-26-23(29)14-31-19-8-6-18(25)7-9-19/h2-12,15,28H,13-14H2,1H3,(H,26,29)(H,27,30). The minimum atomic E-state index is -0.212. The van der Waals surface area contributed by atoms with Gasteiger partial charge in [0.2, 0.25) is 0 Å². The topological polar surface area (TPSA) is 83.2 Å². The van der Waals surface area contributed by atoms with Crippen molar-refractivity contribution in [3.05, 3.63) is 87.9 Å². The van der Waals surface area contributed by atoms with Crippen molar-refractivity contribution in [1.29, 1.82) is 0 Å². The lowest BCUT2D eigenvalue weighted by Crippen LogP contribution is -2.28. The van der Waals surface area contributed by atoms with Gasteiger partial charge in [-0.05, 0) is 59.8 Å². The molecule has 2 aromatic carbocycles. The van der Waals surface area contributed by atoms with Crippen molar-refractivity contribution in [2.75, 3.05) is 6.61 Å². The first-order valence-corrected chi connectivity index (χ1v) is 11.3. The zero-order valence-electron chi connectivity index (χ0n) is 17.4. The van der Waals surface area contributed by atoms with Crippen LogP contribution >= 0.6 is 22.9 Å². The Labute approximate surface area is 194 Å². The van der Waals surface area contributed by atoms with Crippen LogP contribution < -0.4 is 15.4 Å². The highest BCUT2D eigenvalue weighted by Gasteiger charge is 2.14. The molecule has 8 heteroatoms. The molecule has 1 unspecified atom stereocenters. The normalized spacial score (nSPS) is 11.8. The molecule has 0 aliphatic heterocycles. The van der Waals surface area contributed by atoms with Gasteiger partial charge in [0.15, 0.2) is 6.61 Å². The SMILES string of the molecule is CC(NC(=O)c1cc2sccc2[nH]1)c1ccc(CNC(=O)COc2ccc(Cl)cc2)cc1. The van der Waals surface area contributed by atoms with Gasteiger partial charge >= 0.3 is 0 Å². The Hall–Kier alpha value is -3.29. The number of fused-ring (bicyclic) bond motifs is 1. The lowest BCUT2D eigenvalue weighted by atomic mass is 10.1. The highest BCUT2D eigenvalue weighted by molar-refractivity contribution is 7.17. The van der Waals surface area contributed by atoms with Gasteiger partial charge in [0.25, 0.3) is 11.8 Å². The van der Waals surface area contributed by atoms with Crippen LogP contribution in [-0.2, 0) is 11.3 Å². The van der Waals surface area contributed by atoms with Gasteiger partial charge in [-0.2, -0.15) is 0 Å². The van der Waals surface area contributed by atoms with Gasteiger partial charge in [0.1, 0.15) is 11.4 Å². The molecular weight excluding hydrogens is 446 g/mol. The van der Waals surface area contributed by atoms with Crippen LogP contribution in [0.25, 0.3) is 10.2 Å². The molecule has 2 heterocycles. The second-order valence-corrected chi connectivity index (χ2v) is 8.72. The molecule has 0 aliphatic rings. The van der Waals surface area contributed by atoms with Crippen molar-refractivity contribution in [2.45, 2.75) is 19.5 Å². The maximum Gasteiger partial charge on any atom is 0.268 e. The predicted molar refractivity (Wildman–Crippen MR) is 127 cm³/mol. The average molecular weight is 468 g/mol. The largest absolute Gasteiger partial charge is 0.484 e. The van der Waals surface area contributed by atoms with E-state index in [4.69, 9.17) is 16.3 Å². The minimum absolute atomic E-state index is 0.0702. The molecule has 0 bridgehead atoms. The van der Waals surface area contributed by atoms with Gasteiger partial charge in [0.05, 0.1) is 16.3 Å². The van der Waals surface area contributed by atoms with E-state index in [0.717, 1.165) is 21.3 Å². The molecular formula is C24H22ClN3O3S. The quantitative estimate of drug-likeness (QED) is 0.338. The van der Waals surface area contributed by atoms with Gasteiger partial charge < -0.3 is 20.4 Å². The molecule has 164 valence electrons. The molecule has 32 heavy (non-hydrogen) atoms. The van der Waals surface area contributed by atoms with Gasteiger partial charge in [-0.3, -0.25) is 9.59 Å². The summed E-state index contributed by atoms with van der Waals surface area (Å²) in [5.74, 6) is 0.234. The summed E-state index contributed by atoms with van der Waals surface area (Å²) in [6.45, 7) is 2.26. The van der Waals surface area contributed by atoms with E-state index in [-0.39, 0.29) is 24.5 Å². The molecule has 0 saturated heterocycles. The molecule has 0 aliphatic carbocycles. The fourth-order valence-electron chi connectivity index (χ4n) is 3.18. The molecule has 0 fully saturated rings. The number of rotatable bonds is 8. The van der Waals surface area contributed by atoms with E-state index < -0.39 is 0 Å². The maximum atomic E-state index is 12.5. The van der Waals surface area contributed by atoms with E-state index in [9.17, 15) is 9.59 Å². The fourth-order valence-corrected chi connectivity index (χ4v) is 4.09. The molecule has 0 saturated carbocycles. The third-order valence-electron chi connectivity index (χ3n) is 4.99. The Bertz CT molecular complexity index is 1190. The maximum absolute atomic E-state index is 12.5. The molecule has 1 atom stereocenters. The van der Waals surface area contributed by atoms with E-state index in [1.54, 1.807) is 35.6 Å². The second kappa shape index (κ2) is 9.89. The van der Waals surface area contributed by atoms with Crippen molar-refractivity contribution >= 4 is 45.0 Å². The summed E-state index contributed by atoms with van der Waals surface area (Å²) >= 11 is 7.43. The second-order valence-electron chi connectivity index (χ2n) is 7.34. The lowest BCUT2D eigenvalue weighted by molar-refractivity contribution is -0.123. The third kappa shape index (κ3) is 5.49. The first-order chi connectivity index (χ1) is 15.5. The number of carbonyl (C=O) groups is 2. The van der Waals surface area contributed by atoms with Gasteiger partial charge in [-0.15, -0.1) is 11.3 Å². The van der Waals surface area contributed by atoms with Crippen LogP contribution in [0.2, 0.25) is 5.02 Å². The van der Waals surface area contributed by atoms with E-state index in [2.05, 4.69) is 15.6 Å². The Morgan fingerprint density at radius 3 is 2.56 bits per heavy atom. The smallest absolute Gasteiger partial charge is 0.268 e. The van der Waals surface area contributed by atoms with E-state index in [1.807, 2.05) is 48.7 Å². The van der Waals surface area contributed by atoms with Crippen LogP contribution in [-0.4, -0.2) is 23.4 Å². The number of carbonyl (C=O) groups excluding carboxylic acids is 2. The molecule has 0 spiro atoms. The highest BCUT2D eigenvalue weighted by Crippen LogP contribution is 2.22. The van der Waals surface area contributed by atoms with Crippen LogP contribution in [0.1, 0.15) is 34.6 Å². The van der Waals surface area contributed by atoms with Crippen molar-refractivity contribution < 1.29 is 14.3 Å². The van der Waals surface area contributed by atoms with Crippen LogP contribution in [0.4, 0.5) is 0 Å². The number of benzene rings is 2. The summed E-state index contributed by atoms with van der Waals surface area (Å²) in [7, 11) is 0. The molecule has 2 aromatic heterocycles. The molecule has 2 amide bonds. The van der Waals surface area contributed by atoms with Crippen molar-refractivity contribution in [1.82, 2.24) is 15.6 Å². The first-order valence-electron chi connectivity index (χ1n) is 10.1. The highest BCUT2D eigenvalue weighted by atomic mass is 35.5. The number of halogens is 1. The summed E-state index contributed by atoms with van der Waals surface area (Å²) in [5, 5.41) is 8.44. The van der Waals surface area contributed by atoms with Crippen molar-refractivity contribution in [2.24, 2.45) is 0 Å². The molecule has 4 rings (SSSR count). The average Bonchev–Trinajstić information content (AvgIpc) is 3.40. The Morgan fingerprint density at radius 2 is 1.84 bits per heavy atom. The number of thiophene rings is 1. The number of hydrogen-bond donors (Lipinski definition) is 3. The first kappa shape index (κ1) is 21.9. The molecule has 6 nitrogen and oxygen atoms in total. The summed E-state index contributed by atoms with van der Waals surface area (Å²) < 4.78 is 6.50. The third-order valence-corrected chi connectivity index (χ3v) is 6.10. The zero-order chi connectivity index (χ0) is 22.5. The fraction of sp³-hybridized carbons (Fsp3) is 0.167. The van der Waals surface area contributed by atoms with Crippen molar-refractivity contribution in [3.8, 4) is 5.75 Å². The zero-order valence-corrected chi connectivity index (χ0v) is 18.9. The number of hydrogen-bond acceptors (Lipinski definition) is 4. The van der Waals surface area contributed by atoms with Gasteiger partial charge in [-0.25, -0.2) is 0 Å². The summed E-state index contributed by atoms with van der Waals surface area (Å²) in [5.41, 5.74) is 3.46. The minimum Gasteiger partial charge on any atom is -0.484 e.